The minimum atomic E-state index is 0.535. The number of hydrogen-bond donors (Lipinski definition) is 2. The van der Waals surface area contributed by atoms with Crippen molar-refractivity contribution >= 4 is 27.7 Å². The van der Waals surface area contributed by atoms with Gasteiger partial charge in [0.1, 0.15) is 5.82 Å². The maximum atomic E-state index is 4.39. The molecule has 18 heavy (non-hydrogen) atoms. The van der Waals surface area contributed by atoms with Crippen molar-refractivity contribution < 1.29 is 0 Å². The van der Waals surface area contributed by atoms with Crippen molar-refractivity contribution in [2.45, 2.75) is 25.8 Å². The fourth-order valence-corrected chi connectivity index (χ4v) is 2.50. The molecule has 1 atom stereocenters. The van der Waals surface area contributed by atoms with Gasteiger partial charge in [-0.2, -0.15) is 4.98 Å². The van der Waals surface area contributed by atoms with E-state index in [9.17, 15) is 0 Å². The fourth-order valence-electron chi connectivity index (χ4n) is 2.17. The molecule has 0 radical (unpaired) electrons. The summed E-state index contributed by atoms with van der Waals surface area (Å²) in [6.45, 7) is 5.59. The fraction of sp³-hybridized carbons (Fsp3) is 0.667. The van der Waals surface area contributed by atoms with Crippen LogP contribution >= 0.6 is 15.9 Å². The van der Waals surface area contributed by atoms with Gasteiger partial charge in [0, 0.05) is 25.8 Å². The molecule has 2 N–H and O–H groups in total. The van der Waals surface area contributed by atoms with E-state index in [1.54, 1.807) is 6.20 Å². The third-order valence-electron chi connectivity index (χ3n) is 3.30. The Hall–Kier alpha value is -0.880. The molecule has 2 rings (SSSR count). The first kappa shape index (κ1) is 13.5. The summed E-state index contributed by atoms with van der Waals surface area (Å²) in [6.07, 6.45) is 4.42. The van der Waals surface area contributed by atoms with E-state index in [2.05, 4.69) is 48.4 Å². The Morgan fingerprint density at radius 2 is 2.17 bits per heavy atom. The monoisotopic (exact) mass is 313 g/mol. The summed E-state index contributed by atoms with van der Waals surface area (Å²) in [7, 11) is 1.82. The van der Waals surface area contributed by atoms with Crippen molar-refractivity contribution in [3.05, 3.63) is 10.7 Å². The molecule has 1 fully saturated rings. The summed E-state index contributed by atoms with van der Waals surface area (Å²) >= 11 is 3.46. The third kappa shape index (κ3) is 3.32. The van der Waals surface area contributed by atoms with Crippen molar-refractivity contribution in [2.24, 2.45) is 0 Å². The summed E-state index contributed by atoms with van der Waals surface area (Å²) in [5, 5.41) is 6.33. The van der Waals surface area contributed by atoms with Gasteiger partial charge in [-0.15, -0.1) is 0 Å². The Morgan fingerprint density at radius 3 is 2.83 bits per heavy atom. The molecule has 2 heterocycles. The molecule has 1 aromatic heterocycles. The standard InChI is InChI=1S/C12H20BrN5/c1-9(18-5-3-4-6-18)7-15-11-10(13)8-16-12(14-2)17-11/h8-9H,3-7H2,1-2H3,(H2,14,15,16,17). The Kier molecular flexibility index (Phi) is 4.77. The predicted octanol–water partition coefficient (Wildman–Crippen LogP) is 2.18. The molecule has 1 saturated heterocycles. The maximum Gasteiger partial charge on any atom is 0.224 e. The van der Waals surface area contributed by atoms with Crippen LogP contribution in [0.3, 0.4) is 0 Å². The zero-order valence-electron chi connectivity index (χ0n) is 10.9. The van der Waals surface area contributed by atoms with Gasteiger partial charge < -0.3 is 10.6 Å². The SMILES string of the molecule is CNc1ncc(Br)c(NCC(C)N2CCCC2)n1. The van der Waals surface area contributed by atoms with Crippen molar-refractivity contribution in [2.75, 3.05) is 37.3 Å². The molecule has 1 aliphatic heterocycles. The Morgan fingerprint density at radius 1 is 1.44 bits per heavy atom. The molecular weight excluding hydrogens is 294 g/mol. The zero-order valence-corrected chi connectivity index (χ0v) is 12.5. The minimum Gasteiger partial charge on any atom is -0.367 e. The zero-order chi connectivity index (χ0) is 13.0. The van der Waals surface area contributed by atoms with Gasteiger partial charge in [-0.05, 0) is 48.8 Å². The quantitative estimate of drug-likeness (QED) is 0.872. The van der Waals surface area contributed by atoms with E-state index in [0.717, 1.165) is 16.8 Å². The summed E-state index contributed by atoms with van der Waals surface area (Å²) < 4.78 is 0.898. The van der Waals surface area contributed by atoms with Crippen molar-refractivity contribution in [3.63, 3.8) is 0 Å². The molecule has 1 aliphatic rings. The van der Waals surface area contributed by atoms with Gasteiger partial charge in [-0.25, -0.2) is 4.98 Å². The highest BCUT2D eigenvalue weighted by atomic mass is 79.9. The highest BCUT2D eigenvalue weighted by molar-refractivity contribution is 9.10. The predicted molar refractivity (Wildman–Crippen MR) is 78.0 cm³/mol. The van der Waals surface area contributed by atoms with Crippen LogP contribution < -0.4 is 10.6 Å². The van der Waals surface area contributed by atoms with Gasteiger partial charge in [0.15, 0.2) is 0 Å². The lowest BCUT2D eigenvalue weighted by Crippen LogP contribution is -2.35. The molecule has 100 valence electrons. The normalized spacial score (nSPS) is 17.7. The number of rotatable bonds is 5. The lowest BCUT2D eigenvalue weighted by molar-refractivity contribution is 0.269. The van der Waals surface area contributed by atoms with E-state index in [1.165, 1.54) is 25.9 Å². The lowest BCUT2D eigenvalue weighted by Gasteiger charge is -2.24. The number of aromatic nitrogens is 2. The number of nitrogens with one attached hydrogen (secondary N) is 2. The van der Waals surface area contributed by atoms with Gasteiger partial charge in [0.25, 0.3) is 0 Å². The second-order valence-corrected chi connectivity index (χ2v) is 5.47. The molecule has 0 spiro atoms. The van der Waals surface area contributed by atoms with Gasteiger partial charge in [-0.1, -0.05) is 0 Å². The molecule has 6 heteroatoms. The van der Waals surface area contributed by atoms with Crippen LogP contribution in [0.25, 0.3) is 0 Å². The van der Waals surface area contributed by atoms with Crippen LogP contribution in [0.1, 0.15) is 19.8 Å². The average Bonchev–Trinajstić information content (AvgIpc) is 2.91. The Labute approximate surface area is 117 Å². The molecule has 1 aromatic rings. The van der Waals surface area contributed by atoms with E-state index < -0.39 is 0 Å². The summed E-state index contributed by atoms with van der Waals surface area (Å²) in [4.78, 5) is 11.0. The van der Waals surface area contributed by atoms with Gasteiger partial charge in [0.2, 0.25) is 5.95 Å². The first-order valence-electron chi connectivity index (χ1n) is 6.39. The van der Waals surface area contributed by atoms with Gasteiger partial charge >= 0.3 is 0 Å². The van der Waals surface area contributed by atoms with Crippen LogP contribution in [0.2, 0.25) is 0 Å². The molecule has 0 amide bonds. The van der Waals surface area contributed by atoms with Crippen LogP contribution in [0.5, 0.6) is 0 Å². The number of anilines is 2. The van der Waals surface area contributed by atoms with Crippen LogP contribution in [-0.4, -0.2) is 47.6 Å². The average molecular weight is 314 g/mol. The molecular formula is C12H20BrN5. The van der Waals surface area contributed by atoms with Gasteiger partial charge in [-0.3, -0.25) is 4.90 Å². The first-order valence-corrected chi connectivity index (χ1v) is 7.18. The van der Waals surface area contributed by atoms with Crippen molar-refractivity contribution in [1.82, 2.24) is 14.9 Å². The van der Waals surface area contributed by atoms with E-state index in [4.69, 9.17) is 0 Å². The second-order valence-electron chi connectivity index (χ2n) is 4.61. The van der Waals surface area contributed by atoms with E-state index in [-0.39, 0.29) is 0 Å². The number of likely N-dealkylation sites (tertiary alicyclic amines) is 1. The molecule has 1 unspecified atom stereocenters. The van der Waals surface area contributed by atoms with Crippen LogP contribution in [0.15, 0.2) is 10.7 Å². The van der Waals surface area contributed by atoms with Gasteiger partial charge in [0.05, 0.1) is 4.47 Å². The largest absolute Gasteiger partial charge is 0.367 e. The smallest absolute Gasteiger partial charge is 0.224 e. The molecule has 0 aromatic carbocycles. The Balaban J connectivity index is 1.92. The lowest BCUT2D eigenvalue weighted by atomic mass is 10.3. The number of nitrogens with zero attached hydrogens (tertiary/aromatic N) is 3. The van der Waals surface area contributed by atoms with E-state index in [0.29, 0.717) is 12.0 Å². The highest BCUT2D eigenvalue weighted by Gasteiger charge is 2.18. The molecule has 0 aliphatic carbocycles. The van der Waals surface area contributed by atoms with E-state index >= 15 is 0 Å². The van der Waals surface area contributed by atoms with Crippen LogP contribution in [-0.2, 0) is 0 Å². The summed E-state index contributed by atoms with van der Waals surface area (Å²) in [5.74, 6) is 1.48. The molecule has 0 saturated carbocycles. The van der Waals surface area contributed by atoms with Crippen LogP contribution in [0, 0.1) is 0 Å². The van der Waals surface area contributed by atoms with Crippen molar-refractivity contribution in [1.29, 1.82) is 0 Å². The number of hydrogen-bond acceptors (Lipinski definition) is 5. The number of halogens is 1. The molecule has 0 bridgehead atoms. The minimum absolute atomic E-state index is 0.535. The van der Waals surface area contributed by atoms with Crippen molar-refractivity contribution in [3.8, 4) is 0 Å². The Bertz CT molecular complexity index is 392. The van der Waals surface area contributed by atoms with E-state index in [1.807, 2.05) is 7.05 Å². The highest BCUT2D eigenvalue weighted by Crippen LogP contribution is 2.20. The topological polar surface area (TPSA) is 53.1 Å². The second kappa shape index (κ2) is 6.33. The summed E-state index contributed by atoms with van der Waals surface area (Å²) in [5.41, 5.74) is 0. The van der Waals surface area contributed by atoms with Crippen LogP contribution in [0.4, 0.5) is 11.8 Å². The maximum absolute atomic E-state index is 4.39. The summed E-state index contributed by atoms with van der Waals surface area (Å²) in [6, 6.07) is 0.535. The first-order chi connectivity index (χ1) is 8.70. The third-order valence-corrected chi connectivity index (χ3v) is 3.88. The molecule has 5 nitrogen and oxygen atoms in total.